The van der Waals surface area contributed by atoms with Crippen molar-refractivity contribution < 1.29 is 31.9 Å². The first kappa shape index (κ1) is 25.1. The first-order valence-corrected chi connectivity index (χ1v) is 9.79. The van der Waals surface area contributed by atoms with Crippen molar-refractivity contribution >= 4 is 35.0 Å². The van der Waals surface area contributed by atoms with Crippen molar-refractivity contribution in [3.05, 3.63) is 64.4 Å². The van der Waals surface area contributed by atoms with Crippen LogP contribution in [0.1, 0.15) is 28.8 Å². The molecule has 0 radical (unpaired) electrons. The van der Waals surface area contributed by atoms with E-state index in [2.05, 4.69) is 10.6 Å². The van der Waals surface area contributed by atoms with Crippen LogP contribution >= 0.6 is 11.6 Å². The van der Waals surface area contributed by atoms with E-state index in [1.54, 1.807) is 0 Å². The Morgan fingerprint density at radius 3 is 2.34 bits per heavy atom. The number of amides is 3. The number of carbonyl (C=O) groups is 3. The van der Waals surface area contributed by atoms with Crippen LogP contribution in [0.15, 0.2) is 42.5 Å². The number of hydrogen-bond donors (Lipinski definition) is 2. The Morgan fingerprint density at radius 2 is 1.72 bits per heavy atom. The van der Waals surface area contributed by atoms with E-state index in [1.165, 1.54) is 25.2 Å². The number of carbonyl (C=O) groups excluding carboxylic acids is 3. The number of nitrogens with one attached hydrogen (secondary N) is 2. The summed E-state index contributed by atoms with van der Waals surface area (Å²) in [4.78, 5) is 37.2. The Balaban J connectivity index is 1.77. The molecule has 0 aliphatic rings. The van der Waals surface area contributed by atoms with Crippen LogP contribution in [-0.2, 0) is 15.8 Å². The van der Waals surface area contributed by atoms with E-state index in [9.17, 15) is 31.9 Å². The van der Waals surface area contributed by atoms with Crippen molar-refractivity contribution in [3.8, 4) is 0 Å². The number of benzene rings is 2. The summed E-state index contributed by atoms with van der Waals surface area (Å²) < 4.78 is 51.6. The molecule has 172 valence electrons. The van der Waals surface area contributed by atoms with Crippen molar-refractivity contribution in [2.24, 2.45) is 0 Å². The van der Waals surface area contributed by atoms with Gasteiger partial charge in [-0.05, 0) is 48.9 Å². The van der Waals surface area contributed by atoms with Gasteiger partial charge in [0.05, 0.1) is 17.1 Å². The Bertz CT molecular complexity index is 981. The first-order valence-electron chi connectivity index (χ1n) is 9.41. The van der Waals surface area contributed by atoms with E-state index in [0.29, 0.717) is 12.5 Å². The normalized spacial score (nSPS) is 11.1. The highest BCUT2D eigenvalue weighted by Gasteiger charge is 2.33. The summed E-state index contributed by atoms with van der Waals surface area (Å²) >= 11 is 5.54. The number of hydrogen-bond acceptors (Lipinski definition) is 3. The Labute approximate surface area is 186 Å². The van der Waals surface area contributed by atoms with Crippen LogP contribution in [0.3, 0.4) is 0 Å². The fourth-order valence-corrected chi connectivity index (χ4v) is 2.88. The zero-order valence-electron chi connectivity index (χ0n) is 16.9. The fourth-order valence-electron chi connectivity index (χ4n) is 2.66. The van der Waals surface area contributed by atoms with Gasteiger partial charge in [-0.1, -0.05) is 11.6 Å². The molecule has 0 saturated heterocycles. The number of halogens is 5. The van der Waals surface area contributed by atoms with Crippen LogP contribution in [0.4, 0.5) is 23.2 Å². The summed E-state index contributed by atoms with van der Waals surface area (Å²) in [6.45, 7) is -0.183. The van der Waals surface area contributed by atoms with Gasteiger partial charge in [0, 0.05) is 31.3 Å². The molecule has 0 aliphatic carbocycles. The molecular weight excluding hydrogens is 454 g/mol. The highest BCUT2D eigenvalue weighted by molar-refractivity contribution is 6.31. The van der Waals surface area contributed by atoms with Gasteiger partial charge >= 0.3 is 6.18 Å². The van der Waals surface area contributed by atoms with Crippen LogP contribution in [0.2, 0.25) is 5.02 Å². The highest BCUT2D eigenvalue weighted by atomic mass is 35.5. The lowest BCUT2D eigenvalue weighted by atomic mass is 10.2. The number of nitrogens with zero attached hydrogens (tertiary/aromatic N) is 1. The van der Waals surface area contributed by atoms with Gasteiger partial charge in [-0.25, -0.2) is 4.39 Å². The monoisotopic (exact) mass is 473 g/mol. The maximum absolute atomic E-state index is 12.9. The molecular formula is C21H20ClF4N3O3. The molecule has 0 atom stereocenters. The second-order valence-electron chi connectivity index (χ2n) is 6.86. The summed E-state index contributed by atoms with van der Waals surface area (Å²) in [5, 5.41) is 4.40. The third-order valence-electron chi connectivity index (χ3n) is 4.32. The van der Waals surface area contributed by atoms with Crippen molar-refractivity contribution in [1.82, 2.24) is 10.2 Å². The van der Waals surface area contributed by atoms with E-state index in [0.717, 1.165) is 23.1 Å². The fraction of sp³-hybridized carbons (Fsp3) is 0.286. The lowest BCUT2D eigenvalue weighted by Crippen LogP contribution is -2.35. The topological polar surface area (TPSA) is 78.5 Å². The van der Waals surface area contributed by atoms with Gasteiger partial charge in [-0.3, -0.25) is 14.4 Å². The minimum absolute atomic E-state index is 0.0344. The average molecular weight is 474 g/mol. The van der Waals surface area contributed by atoms with E-state index in [-0.39, 0.29) is 36.7 Å². The minimum atomic E-state index is -4.67. The molecule has 0 spiro atoms. The highest BCUT2D eigenvalue weighted by Crippen LogP contribution is 2.36. The van der Waals surface area contributed by atoms with Gasteiger partial charge in [0.25, 0.3) is 5.91 Å². The van der Waals surface area contributed by atoms with Gasteiger partial charge in [-0.15, -0.1) is 0 Å². The average Bonchev–Trinajstić information content (AvgIpc) is 2.71. The molecule has 2 aromatic carbocycles. The molecule has 0 aromatic heterocycles. The van der Waals surface area contributed by atoms with Gasteiger partial charge in [-0.2, -0.15) is 13.2 Å². The molecule has 11 heteroatoms. The van der Waals surface area contributed by atoms with E-state index in [1.807, 2.05) is 0 Å². The third kappa shape index (κ3) is 7.52. The van der Waals surface area contributed by atoms with Gasteiger partial charge in [0.1, 0.15) is 5.82 Å². The predicted molar refractivity (Wildman–Crippen MR) is 111 cm³/mol. The molecule has 0 heterocycles. The standard InChI is InChI=1S/C21H20ClF4N3O3/c1-29(12-18(30)28-15-8-9-17(22)16(11-15)21(24,25)26)19(31)3-2-10-27-20(32)13-4-6-14(23)7-5-13/h4-9,11H,2-3,10,12H2,1H3,(H,27,32)(H,28,30). The van der Waals surface area contributed by atoms with Gasteiger partial charge in [0.15, 0.2) is 0 Å². The van der Waals surface area contributed by atoms with Crippen LogP contribution in [0.5, 0.6) is 0 Å². The second kappa shape index (κ2) is 10.9. The Hall–Kier alpha value is -3.14. The molecule has 0 fully saturated rings. The third-order valence-corrected chi connectivity index (χ3v) is 4.65. The number of alkyl halides is 3. The molecule has 0 unspecified atom stereocenters. The minimum Gasteiger partial charge on any atom is -0.352 e. The quantitative estimate of drug-likeness (QED) is 0.447. The number of likely N-dealkylation sites (N-methyl/N-ethyl adjacent to an activating group) is 1. The Morgan fingerprint density at radius 1 is 1.06 bits per heavy atom. The Kier molecular flexibility index (Phi) is 8.59. The van der Waals surface area contributed by atoms with Crippen LogP contribution < -0.4 is 10.6 Å². The molecule has 2 N–H and O–H groups in total. The lowest BCUT2D eigenvalue weighted by molar-refractivity contribution is -0.137. The van der Waals surface area contributed by atoms with Crippen LogP contribution in [0, 0.1) is 5.82 Å². The smallest absolute Gasteiger partial charge is 0.352 e. The molecule has 0 saturated carbocycles. The molecule has 6 nitrogen and oxygen atoms in total. The lowest BCUT2D eigenvalue weighted by Gasteiger charge is -2.17. The maximum atomic E-state index is 12.9. The molecule has 32 heavy (non-hydrogen) atoms. The zero-order valence-corrected chi connectivity index (χ0v) is 17.7. The van der Waals surface area contributed by atoms with E-state index < -0.39 is 34.4 Å². The van der Waals surface area contributed by atoms with Crippen molar-refractivity contribution in [2.75, 3.05) is 25.5 Å². The maximum Gasteiger partial charge on any atom is 0.417 e. The van der Waals surface area contributed by atoms with Crippen LogP contribution in [-0.4, -0.2) is 42.8 Å². The second-order valence-corrected chi connectivity index (χ2v) is 7.26. The van der Waals surface area contributed by atoms with Crippen molar-refractivity contribution in [2.45, 2.75) is 19.0 Å². The number of rotatable bonds is 8. The summed E-state index contributed by atoms with van der Waals surface area (Å²) in [5.74, 6) is -1.94. The predicted octanol–water partition coefficient (Wildman–Crippen LogP) is 4.11. The summed E-state index contributed by atoms with van der Waals surface area (Å²) in [5.41, 5.74) is -0.900. The summed E-state index contributed by atoms with van der Waals surface area (Å²) in [7, 11) is 1.38. The van der Waals surface area contributed by atoms with Gasteiger partial charge in [0.2, 0.25) is 11.8 Å². The SMILES string of the molecule is CN(CC(=O)Nc1ccc(Cl)c(C(F)(F)F)c1)C(=O)CCCNC(=O)c1ccc(F)cc1. The molecule has 0 aliphatic heterocycles. The van der Waals surface area contributed by atoms with Crippen LogP contribution in [0.25, 0.3) is 0 Å². The summed E-state index contributed by atoms with van der Waals surface area (Å²) in [6, 6.07) is 7.95. The van der Waals surface area contributed by atoms with Crippen molar-refractivity contribution in [1.29, 1.82) is 0 Å². The molecule has 0 bridgehead atoms. The van der Waals surface area contributed by atoms with E-state index in [4.69, 9.17) is 11.6 Å². The molecule has 3 amide bonds. The largest absolute Gasteiger partial charge is 0.417 e. The zero-order chi connectivity index (χ0) is 23.9. The molecule has 2 rings (SSSR count). The number of anilines is 1. The van der Waals surface area contributed by atoms with E-state index >= 15 is 0 Å². The van der Waals surface area contributed by atoms with Gasteiger partial charge < -0.3 is 15.5 Å². The molecule has 2 aromatic rings. The first-order chi connectivity index (χ1) is 15.0. The summed E-state index contributed by atoms with van der Waals surface area (Å²) in [6.07, 6.45) is -4.34. The van der Waals surface area contributed by atoms with Crippen molar-refractivity contribution in [3.63, 3.8) is 0 Å².